The summed E-state index contributed by atoms with van der Waals surface area (Å²) in [6.45, 7) is 2.63. The fraction of sp³-hybridized carbons (Fsp3) is 0.433. The number of hydrogen-bond acceptors (Lipinski definition) is 6. The van der Waals surface area contributed by atoms with E-state index in [1.165, 1.54) is 57.8 Å². The Hall–Kier alpha value is -3.41. The molecule has 0 bridgehead atoms. The number of esters is 2. The Kier molecular flexibility index (Phi) is 10.7. The molecule has 0 radical (unpaired) electrons. The first kappa shape index (κ1) is 27.2. The number of ketones is 1. The lowest BCUT2D eigenvalue weighted by Gasteiger charge is -2.18. The van der Waals surface area contributed by atoms with Crippen LogP contribution < -0.4 is 10.5 Å². The Morgan fingerprint density at radius 1 is 0.778 bits per heavy atom. The van der Waals surface area contributed by atoms with Gasteiger partial charge < -0.3 is 15.2 Å². The predicted octanol–water partition coefficient (Wildman–Crippen LogP) is 6.63. The van der Waals surface area contributed by atoms with Gasteiger partial charge in [-0.1, -0.05) is 95.4 Å². The summed E-state index contributed by atoms with van der Waals surface area (Å²) in [7, 11) is 0. The van der Waals surface area contributed by atoms with Crippen LogP contribution in [0.15, 0.2) is 54.1 Å². The number of nitrogens with two attached hydrogens (primary N) is 1. The van der Waals surface area contributed by atoms with Gasteiger partial charge in [-0.25, -0.2) is 9.59 Å². The van der Waals surface area contributed by atoms with Crippen molar-refractivity contribution in [2.45, 2.75) is 77.6 Å². The molecule has 0 fully saturated rings. The van der Waals surface area contributed by atoms with Crippen molar-refractivity contribution in [3.8, 4) is 5.75 Å². The van der Waals surface area contributed by atoms with Gasteiger partial charge in [0.2, 0.25) is 5.78 Å². The lowest BCUT2D eigenvalue weighted by Crippen LogP contribution is -2.28. The molecule has 6 heteroatoms. The molecule has 0 unspecified atom stereocenters. The van der Waals surface area contributed by atoms with Crippen LogP contribution in [-0.2, 0) is 9.53 Å². The topological polar surface area (TPSA) is 95.7 Å². The zero-order valence-corrected chi connectivity index (χ0v) is 21.2. The average Bonchev–Trinajstić information content (AvgIpc) is 2.89. The van der Waals surface area contributed by atoms with Gasteiger partial charge in [0.25, 0.3) is 0 Å². The van der Waals surface area contributed by atoms with E-state index in [2.05, 4.69) is 6.92 Å². The van der Waals surface area contributed by atoms with Crippen molar-refractivity contribution in [2.75, 3.05) is 6.61 Å². The lowest BCUT2D eigenvalue weighted by atomic mass is 9.95. The molecule has 2 aromatic rings. The zero-order valence-electron chi connectivity index (χ0n) is 21.2. The SMILES string of the molecule is CCCCCCCCCCCCCOC(=O)c1ccc(/C(N)=C2/C(=O)Oc3ccccc3C2=O)cc1. The molecule has 0 saturated carbocycles. The molecule has 2 N–H and O–H groups in total. The first-order valence-corrected chi connectivity index (χ1v) is 13.2. The van der Waals surface area contributed by atoms with Gasteiger partial charge >= 0.3 is 11.9 Å². The fourth-order valence-electron chi connectivity index (χ4n) is 4.30. The Bertz CT molecular complexity index is 1070. The smallest absolute Gasteiger partial charge is 0.349 e. The van der Waals surface area contributed by atoms with E-state index >= 15 is 0 Å². The molecule has 6 nitrogen and oxygen atoms in total. The largest absolute Gasteiger partial charge is 0.462 e. The van der Waals surface area contributed by atoms with Gasteiger partial charge in [0.05, 0.1) is 23.4 Å². The maximum atomic E-state index is 12.8. The van der Waals surface area contributed by atoms with Crippen LogP contribution in [-0.4, -0.2) is 24.3 Å². The Balaban J connectivity index is 1.42. The monoisotopic (exact) mass is 491 g/mol. The number of fused-ring (bicyclic) bond motifs is 1. The van der Waals surface area contributed by atoms with E-state index < -0.39 is 17.7 Å². The van der Waals surface area contributed by atoms with Gasteiger partial charge in [0, 0.05) is 0 Å². The maximum Gasteiger partial charge on any atom is 0.349 e. The number of carbonyl (C=O) groups excluding carboxylic acids is 3. The number of hydrogen-bond donors (Lipinski definition) is 1. The third-order valence-corrected chi connectivity index (χ3v) is 6.45. The minimum Gasteiger partial charge on any atom is -0.462 e. The van der Waals surface area contributed by atoms with E-state index in [1.54, 1.807) is 48.5 Å². The van der Waals surface area contributed by atoms with Gasteiger partial charge in [-0.05, 0) is 36.2 Å². The Morgan fingerprint density at radius 3 is 1.97 bits per heavy atom. The number of carbonyl (C=O) groups is 3. The highest BCUT2D eigenvalue weighted by Gasteiger charge is 2.33. The van der Waals surface area contributed by atoms with Gasteiger partial charge in [0.1, 0.15) is 11.3 Å². The van der Waals surface area contributed by atoms with Crippen LogP contribution in [0.3, 0.4) is 0 Å². The van der Waals surface area contributed by atoms with Crippen molar-refractivity contribution in [2.24, 2.45) is 5.73 Å². The summed E-state index contributed by atoms with van der Waals surface area (Å²) in [4.78, 5) is 37.6. The second-order valence-corrected chi connectivity index (χ2v) is 9.25. The molecule has 192 valence electrons. The molecule has 0 saturated heterocycles. The molecular weight excluding hydrogens is 454 g/mol. The van der Waals surface area contributed by atoms with Crippen LogP contribution in [0, 0.1) is 0 Å². The number of para-hydroxylation sites is 1. The van der Waals surface area contributed by atoms with Crippen LogP contribution in [0.25, 0.3) is 5.70 Å². The van der Waals surface area contributed by atoms with Crippen LogP contribution in [0.2, 0.25) is 0 Å². The highest BCUT2D eigenvalue weighted by Crippen LogP contribution is 2.30. The molecular formula is C30H37NO5. The van der Waals surface area contributed by atoms with Crippen LogP contribution in [0.1, 0.15) is 104 Å². The van der Waals surface area contributed by atoms with E-state index in [0.29, 0.717) is 17.7 Å². The van der Waals surface area contributed by atoms with Crippen molar-refractivity contribution in [1.82, 2.24) is 0 Å². The molecule has 0 aromatic heterocycles. The van der Waals surface area contributed by atoms with Crippen molar-refractivity contribution in [1.29, 1.82) is 0 Å². The quantitative estimate of drug-likeness (QED) is 0.105. The minimum atomic E-state index is -0.786. The summed E-state index contributed by atoms with van der Waals surface area (Å²) in [5, 5.41) is 0. The maximum absolute atomic E-state index is 12.8. The molecule has 0 spiro atoms. The van der Waals surface area contributed by atoms with Crippen molar-refractivity contribution < 1.29 is 23.9 Å². The van der Waals surface area contributed by atoms with Crippen molar-refractivity contribution in [3.63, 3.8) is 0 Å². The second kappa shape index (κ2) is 14.2. The van der Waals surface area contributed by atoms with Crippen LogP contribution >= 0.6 is 0 Å². The van der Waals surface area contributed by atoms with Crippen molar-refractivity contribution >= 4 is 23.4 Å². The van der Waals surface area contributed by atoms with Gasteiger partial charge in [-0.3, -0.25) is 4.79 Å². The minimum absolute atomic E-state index is 0.0142. The van der Waals surface area contributed by atoms with Crippen LogP contribution in [0.4, 0.5) is 0 Å². The first-order valence-electron chi connectivity index (χ1n) is 13.2. The lowest BCUT2D eigenvalue weighted by molar-refractivity contribution is -0.130. The van der Waals surface area contributed by atoms with Gasteiger partial charge in [-0.15, -0.1) is 0 Å². The third kappa shape index (κ3) is 7.54. The highest BCUT2D eigenvalue weighted by atomic mass is 16.5. The molecule has 2 aromatic carbocycles. The Morgan fingerprint density at radius 2 is 1.33 bits per heavy atom. The van der Waals surface area contributed by atoms with E-state index in [-0.39, 0.29) is 22.6 Å². The number of Topliss-reactive ketones (excluding diaryl/α,β-unsaturated/α-hetero) is 1. The third-order valence-electron chi connectivity index (χ3n) is 6.45. The van der Waals surface area contributed by atoms with Gasteiger partial charge in [0.15, 0.2) is 0 Å². The van der Waals surface area contributed by atoms with Gasteiger partial charge in [-0.2, -0.15) is 0 Å². The number of rotatable bonds is 14. The van der Waals surface area contributed by atoms with Crippen molar-refractivity contribution in [3.05, 3.63) is 70.8 Å². The summed E-state index contributed by atoms with van der Waals surface area (Å²) in [5.74, 6) is -1.44. The van der Waals surface area contributed by atoms with E-state index in [4.69, 9.17) is 15.2 Å². The number of unbranched alkanes of at least 4 members (excludes halogenated alkanes) is 10. The molecule has 1 aliphatic rings. The summed E-state index contributed by atoms with van der Waals surface area (Å²) >= 11 is 0. The Labute approximate surface area is 213 Å². The summed E-state index contributed by atoms with van der Waals surface area (Å²) < 4.78 is 10.6. The number of benzene rings is 2. The summed E-state index contributed by atoms with van der Waals surface area (Å²) in [5.41, 5.74) is 7.10. The normalized spacial score (nSPS) is 14.2. The molecule has 0 aliphatic carbocycles. The molecule has 0 amide bonds. The average molecular weight is 492 g/mol. The number of ether oxygens (including phenoxy) is 2. The summed E-state index contributed by atoms with van der Waals surface area (Å²) in [6.07, 6.45) is 13.6. The molecule has 3 rings (SSSR count). The zero-order chi connectivity index (χ0) is 25.8. The molecule has 1 heterocycles. The van der Waals surface area contributed by atoms with Crippen LogP contribution in [0.5, 0.6) is 5.75 Å². The second-order valence-electron chi connectivity index (χ2n) is 9.25. The predicted molar refractivity (Wildman–Crippen MR) is 141 cm³/mol. The molecule has 36 heavy (non-hydrogen) atoms. The van der Waals surface area contributed by atoms with E-state index in [0.717, 1.165) is 12.8 Å². The fourth-order valence-corrected chi connectivity index (χ4v) is 4.30. The summed E-state index contributed by atoms with van der Waals surface area (Å²) in [6, 6.07) is 12.9. The van der Waals surface area contributed by atoms with E-state index in [1.807, 2.05) is 0 Å². The highest BCUT2D eigenvalue weighted by molar-refractivity contribution is 6.31. The molecule has 1 aliphatic heterocycles. The molecule has 0 atom stereocenters. The van der Waals surface area contributed by atoms with E-state index in [9.17, 15) is 14.4 Å². The first-order chi connectivity index (χ1) is 17.5. The standard InChI is InChI=1S/C30H37NO5/c1-2-3-4-5-6-7-8-9-10-11-14-21-35-29(33)23-19-17-22(18-20-23)27(31)26-28(32)24-15-12-13-16-25(24)36-30(26)34/h12-13,15-20H,2-11,14,21,31H2,1H3/b27-26-.